The van der Waals surface area contributed by atoms with Crippen molar-refractivity contribution in [1.82, 2.24) is 9.88 Å². The Morgan fingerprint density at radius 2 is 1.64 bits per heavy atom. The number of carbonyl (C=O) groups excluding carboxylic acids is 1. The number of alkyl halides is 3. The van der Waals surface area contributed by atoms with Crippen molar-refractivity contribution < 1.29 is 47.2 Å². The Bertz CT molecular complexity index is 656. The minimum Gasteiger partial charge on any atom is -0.481 e. The van der Waals surface area contributed by atoms with Crippen LogP contribution in [-0.2, 0) is 14.4 Å². The summed E-state index contributed by atoms with van der Waals surface area (Å²) in [6.45, 7) is -1.48. The number of pyridine rings is 1. The van der Waals surface area contributed by atoms with Crippen molar-refractivity contribution >= 4 is 17.8 Å². The zero-order valence-corrected chi connectivity index (χ0v) is 12.9. The van der Waals surface area contributed by atoms with E-state index in [1.165, 1.54) is 0 Å². The van der Waals surface area contributed by atoms with Crippen molar-refractivity contribution in [3.05, 3.63) is 17.7 Å². The Balaban J connectivity index is 3.51. The molecule has 1 rings (SSSR count). The normalized spacial score (nSPS) is 12.2. The molecule has 9 nitrogen and oxygen atoms in total. The first-order chi connectivity index (χ1) is 11.5. The highest BCUT2D eigenvalue weighted by Crippen LogP contribution is 2.30. The number of ether oxygens (including phenoxy) is 2. The SMILES string of the molecule is COc1cc(C(C(=O)O)N(CC(=O)O)C(=O)C(F)(F)F)cc(OC)n1. The van der Waals surface area contributed by atoms with Gasteiger partial charge in [-0.05, 0) is 5.56 Å². The van der Waals surface area contributed by atoms with Gasteiger partial charge in [0.15, 0.2) is 6.04 Å². The second kappa shape index (κ2) is 7.68. The third-order valence-electron chi connectivity index (χ3n) is 2.89. The van der Waals surface area contributed by atoms with Crippen LogP contribution in [0.3, 0.4) is 0 Å². The van der Waals surface area contributed by atoms with E-state index >= 15 is 0 Å². The molecule has 0 fully saturated rings. The van der Waals surface area contributed by atoms with Gasteiger partial charge in [0.1, 0.15) is 6.54 Å². The summed E-state index contributed by atoms with van der Waals surface area (Å²) in [6.07, 6.45) is -5.47. The Kier molecular flexibility index (Phi) is 6.14. The molecule has 0 bridgehead atoms. The molecule has 0 aliphatic carbocycles. The first kappa shape index (κ1) is 20.0. The van der Waals surface area contributed by atoms with Crippen LogP contribution in [0.25, 0.3) is 0 Å². The van der Waals surface area contributed by atoms with Crippen LogP contribution in [0.2, 0.25) is 0 Å². The van der Waals surface area contributed by atoms with Gasteiger partial charge in [-0.1, -0.05) is 0 Å². The van der Waals surface area contributed by atoms with Crippen molar-refractivity contribution in [2.24, 2.45) is 0 Å². The molecule has 0 spiro atoms. The summed E-state index contributed by atoms with van der Waals surface area (Å²) in [6, 6.07) is -0.337. The van der Waals surface area contributed by atoms with Crippen LogP contribution in [0.15, 0.2) is 12.1 Å². The monoisotopic (exact) mass is 366 g/mol. The van der Waals surface area contributed by atoms with E-state index in [1.54, 1.807) is 0 Å². The number of nitrogens with zero attached hydrogens (tertiary/aromatic N) is 2. The fourth-order valence-corrected chi connectivity index (χ4v) is 1.91. The molecule has 0 saturated heterocycles. The third-order valence-corrected chi connectivity index (χ3v) is 2.89. The number of aromatic nitrogens is 1. The van der Waals surface area contributed by atoms with Gasteiger partial charge in [0.25, 0.3) is 0 Å². The molecule has 1 amide bonds. The summed E-state index contributed by atoms with van der Waals surface area (Å²) in [7, 11) is 2.33. The van der Waals surface area contributed by atoms with Gasteiger partial charge in [-0.3, -0.25) is 9.59 Å². The molecule has 1 heterocycles. The van der Waals surface area contributed by atoms with Crippen LogP contribution >= 0.6 is 0 Å². The van der Waals surface area contributed by atoms with Crippen LogP contribution in [0, 0.1) is 0 Å². The summed E-state index contributed by atoms with van der Waals surface area (Å²) in [5, 5.41) is 18.1. The van der Waals surface area contributed by atoms with Gasteiger partial charge in [-0.25, -0.2) is 4.79 Å². The number of carboxylic acids is 2. The minimum absolute atomic E-state index is 0.199. The number of aliphatic carboxylic acids is 2. The van der Waals surface area contributed by atoms with Gasteiger partial charge in [-0.2, -0.15) is 18.2 Å². The summed E-state index contributed by atoms with van der Waals surface area (Å²) in [5.74, 6) is -6.71. The average Bonchev–Trinajstić information content (AvgIpc) is 2.51. The second-order valence-corrected chi connectivity index (χ2v) is 4.55. The molecule has 1 aromatic heterocycles. The fraction of sp³-hybridized carbons (Fsp3) is 0.385. The topological polar surface area (TPSA) is 126 Å². The van der Waals surface area contributed by atoms with E-state index in [2.05, 4.69) is 4.98 Å². The number of halogens is 3. The van der Waals surface area contributed by atoms with E-state index in [0.717, 1.165) is 26.4 Å². The number of hydrogen-bond acceptors (Lipinski definition) is 6. The van der Waals surface area contributed by atoms with Gasteiger partial charge in [0.2, 0.25) is 11.8 Å². The van der Waals surface area contributed by atoms with Crippen LogP contribution in [0.1, 0.15) is 11.6 Å². The third kappa shape index (κ3) is 4.96. The van der Waals surface area contributed by atoms with Gasteiger partial charge in [-0.15, -0.1) is 0 Å². The van der Waals surface area contributed by atoms with Crippen molar-refractivity contribution in [2.75, 3.05) is 20.8 Å². The lowest BCUT2D eigenvalue weighted by molar-refractivity contribution is -0.191. The lowest BCUT2D eigenvalue weighted by atomic mass is 10.1. The van der Waals surface area contributed by atoms with Crippen LogP contribution in [0.5, 0.6) is 11.8 Å². The van der Waals surface area contributed by atoms with E-state index in [9.17, 15) is 32.7 Å². The van der Waals surface area contributed by atoms with Crippen molar-refractivity contribution in [3.63, 3.8) is 0 Å². The number of amides is 1. The molecule has 0 radical (unpaired) electrons. The second-order valence-electron chi connectivity index (χ2n) is 4.55. The molecule has 25 heavy (non-hydrogen) atoms. The van der Waals surface area contributed by atoms with Crippen LogP contribution in [-0.4, -0.2) is 64.9 Å². The number of rotatable bonds is 7. The Morgan fingerprint density at radius 1 is 1.16 bits per heavy atom. The summed E-state index contributed by atoms with van der Waals surface area (Å²) >= 11 is 0. The fourth-order valence-electron chi connectivity index (χ4n) is 1.91. The Labute approximate surface area is 138 Å². The predicted octanol–water partition coefficient (Wildman–Crippen LogP) is 0.700. The maximum atomic E-state index is 12.7. The number of hydrogen-bond donors (Lipinski definition) is 2. The van der Waals surface area contributed by atoms with Crippen LogP contribution in [0.4, 0.5) is 13.2 Å². The molecule has 0 aliphatic heterocycles. The summed E-state index contributed by atoms with van der Waals surface area (Å²) < 4.78 is 47.8. The highest BCUT2D eigenvalue weighted by atomic mass is 19.4. The molecule has 0 saturated carbocycles. The minimum atomic E-state index is -5.47. The molecule has 2 N–H and O–H groups in total. The largest absolute Gasteiger partial charge is 0.481 e. The number of methoxy groups -OCH3 is 2. The first-order valence-corrected chi connectivity index (χ1v) is 6.43. The van der Waals surface area contributed by atoms with Gasteiger partial charge in [0, 0.05) is 12.1 Å². The molecule has 0 aromatic carbocycles. The van der Waals surface area contributed by atoms with Crippen molar-refractivity contribution in [1.29, 1.82) is 0 Å². The lowest BCUT2D eigenvalue weighted by Crippen LogP contribution is -2.48. The summed E-state index contributed by atoms with van der Waals surface area (Å²) in [4.78, 5) is 37.3. The molecular formula is C13H13F3N2O7. The predicted molar refractivity (Wildman–Crippen MR) is 73.1 cm³/mol. The average molecular weight is 366 g/mol. The Morgan fingerprint density at radius 3 is 1.96 bits per heavy atom. The summed E-state index contributed by atoms with van der Waals surface area (Å²) in [5.41, 5.74) is -0.380. The standard InChI is InChI=1S/C13H13F3N2O7/c1-24-7-3-6(4-8(17-7)25-2)10(11(21)22)18(5-9(19)20)12(23)13(14,15)16/h3-4,10H,5H2,1-2H3,(H,19,20)(H,21,22). The van der Waals surface area contributed by atoms with E-state index in [0.29, 0.717) is 0 Å². The maximum absolute atomic E-state index is 12.7. The Hall–Kier alpha value is -3.05. The molecule has 1 unspecified atom stereocenters. The van der Waals surface area contributed by atoms with E-state index in [1.807, 2.05) is 0 Å². The molecule has 12 heteroatoms. The first-order valence-electron chi connectivity index (χ1n) is 6.43. The number of carbonyl (C=O) groups is 3. The van der Waals surface area contributed by atoms with Gasteiger partial charge >= 0.3 is 24.0 Å². The smallest absolute Gasteiger partial charge is 0.471 e. The molecule has 0 aliphatic rings. The lowest BCUT2D eigenvalue weighted by Gasteiger charge is -2.28. The van der Waals surface area contributed by atoms with E-state index < -0.39 is 36.6 Å². The molecule has 1 aromatic rings. The van der Waals surface area contributed by atoms with Crippen LogP contribution < -0.4 is 9.47 Å². The van der Waals surface area contributed by atoms with Gasteiger partial charge < -0.3 is 24.6 Å². The zero-order valence-electron chi connectivity index (χ0n) is 12.9. The molecular weight excluding hydrogens is 353 g/mol. The molecule has 138 valence electrons. The quantitative estimate of drug-likeness (QED) is 0.722. The van der Waals surface area contributed by atoms with Crippen molar-refractivity contribution in [2.45, 2.75) is 12.2 Å². The van der Waals surface area contributed by atoms with Gasteiger partial charge in [0.05, 0.1) is 14.2 Å². The zero-order chi connectivity index (χ0) is 19.4. The highest BCUT2D eigenvalue weighted by molar-refractivity contribution is 5.90. The van der Waals surface area contributed by atoms with E-state index in [-0.39, 0.29) is 22.2 Å². The highest BCUT2D eigenvalue weighted by Gasteiger charge is 2.47. The van der Waals surface area contributed by atoms with E-state index in [4.69, 9.17) is 14.6 Å². The van der Waals surface area contributed by atoms with Crippen molar-refractivity contribution in [3.8, 4) is 11.8 Å². The maximum Gasteiger partial charge on any atom is 0.471 e. The molecule has 1 atom stereocenters. The number of carboxylic acid groups (broad SMARTS) is 2.